The summed E-state index contributed by atoms with van der Waals surface area (Å²) in [6, 6.07) is 22.8. The molecule has 0 aromatic heterocycles. The molecule has 0 saturated carbocycles. The molecular weight excluding hydrogens is 352 g/mol. The molecule has 3 rings (SSSR count). The zero-order chi connectivity index (χ0) is 19.8. The number of amides is 1. The molecule has 0 heterocycles. The van der Waals surface area contributed by atoms with Gasteiger partial charge in [0, 0.05) is 0 Å². The van der Waals surface area contributed by atoms with Crippen molar-refractivity contribution in [2.24, 2.45) is 5.10 Å². The SMILES string of the molecule is Cc1ccc(OCC(=O)NN=Cc2cccc(Oc3ccccc3)c2)c(C)c1. The molecule has 0 fully saturated rings. The van der Waals surface area contributed by atoms with Gasteiger partial charge in [0.1, 0.15) is 17.2 Å². The van der Waals surface area contributed by atoms with Gasteiger partial charge in [-0.15, -0.1) is 0 Å². The Hall–Kier alpha value is -3.60. The summed E-state index contributed by atoms with van der Waals surface area (Å²) < 4.78 is 11.3. The maximum absolute atomic E-state index is 11.9. The topological polar surface area (TPSA) is 59.9 Å². The van der Waals surface area contributed by atoms with Crippen LogP contribution in [-0.2, 0) is 4.79 Å². The molecule has 1 amide bonds. The molecule has 3 aromatic rings. The van der Waals surface area contributed by atoms with Crippen LogP contribution in [0.3, 0.4) is 0 Å². The molecule has 0 bridgehead atoms. The van der Waals surface area contributed by atoms with Crippen molar-refractivity contribution in [1.29, 1.82) is 0 Å². The zero-order valence-electron chi connectivity index (χ0n) is 15.9. The molecular formula is C23H22N2O3. The normalized spacial score (nSPS) is 10.6. The van der Waals surface area contributed by atoms with Crippen LogP contribution in [0.1, 0.15) is 16.7 Å². The smallest absolute Gasteiger partial charge is 0.277 e. The monoisotopic (exact) mass is 374 g/mol. The molecule has 0 aliphatic heterocycles. The number of ether oxygens (including phenoxy) is 2. The zero-order valence-corrected chi connectivity index (χ0v) is 15.9. The summed E-state index contributed by atoms with van der Waals surface area (Å²) in [6.45, 7) is 3.86. The van der Waals surface area contributed by atoms with Gasteiger partial charge in [-0.05, 0) is 55.3 Å². The Morgan fingerprint density at radius 3 is 2.54 bits per heavy atom. The molecule has 0 aliphatic rings. The van der Waals surface area contributed by atoms with E-state index in [-0.39, 0.29) is 12.5 Å². The van der Waals surface area contributed by atoms with Crippen molar-refractivity contribution in [3.05, 3.63) is 89.5 Å². The molecule has 5 nitrogen and oxygen atoms in total. The van der Waals surface area contributed by atoms with Gasteiger partial charge in [-0.2, -0.15) is 5.10 Å². The van der Waals surface area contributed by atoms with Crippen LogP contribution in [-0.4, -0.2) is 18.7 Å². The van der Waals surface area contributed by atoms with Gasteiger partial charge in [-0.1, -0.05) is 48.0 Å². The highest BCUT2D eigenvalue weighted by Gasteiger charge is 2.04. The van der Waals surface area contributed by atoms with Gasteiger partial charge < -0.3 is 9.47 Å². The summed E-state index contributed by atoms with van der Waals surface area (Å²) >= 11 is 0. The average Bonchev–Trinajstić information content (AvgIpc) is 2.68. The minimum absolute atomic E-state index is 0.0988. The Kier molecular flexibility index (Phi) is 6.41. The fourth-order valence-corrected chi connectivity index (χ4v) is 2.60. The summed E-state index contributed by atoms with van der Waals surface area (Å²) in [7, 11) is 0. The van der Waals surface area contributed by atoms with Crippen LogP contribution >= 0.6 is 0 Å². The molecule has 0 aliphatic carbocycles. The molecule has 28 heavy (non-hydrogen) atoms. The number of carbonyl (C=O) groups is 1. The highest BCUT2D eigenvalue weighted by molar-refractivity contribution is 5.83. The fraction of sp³-hybridized carbons (Fsp3) is 0.130. The van der Waals surface area contributed by atoms with E-state index in [2.05, 4.69) is 10.5 Å². The van der Waals surface area contributed by atoms with Crippen LogP contribution in [0.2, 0.25) is 0 Å². The van der Waals surface area contributed by atoms with Crippen LogP contribution < -0.4 is 14.9 Å². The van der Waals surface area contributed by atoms with Crippen molar-refractivity contribution >= 4 is 12.1 Å². The molecule has 0 unspecified atom stereocenters. The Bertz CT molecular complexity index is 969. The minimum Gasteiger partial charge on any atom is -0.483 e. The number of nitrogens with one attached hydrogen (secondary N) is 1. The van der Waals surface area contributed by atoms with Crippen LogP contribution in [0.5, 0.6) is 17.2 Å². The molecule has 0 spiro atoms. The standard InChI is InChI=1S/C23H22N2O3/c1-17-11-12-22(18(2)13-17)27-16-23(26)25-24-15-19-7-6-10-21(14-19)28-20-8-4-3-5-9-20/h3-15H,16H2,1-2H3,(H,25,26). The number of benzene rings is 3. The number of rotatable bonds is 7. The number of carbonyl (C=O) groups excluding carboxylic acids is 1. The number of hydrazone groups is 1. The van der Waals surface area contributed by atoms with E-state index >= 15 is 0 Å². The van der Waals surface area contributed by atoms with E-state index in [1.165, 1.54) is 0 Å². The van der Waals surface area contributed by atoms with Crippen LogP contribution in [0.15, 0.2) is 77.9 Å². The van der Waals surface area contributed by atoms with Crippen molar-refractivity contribution in [2.75, 3.05) is 6.61 Å². The lowest BCUT2D eigenvalue weighted by Gasteiger charge is -2.08. The van der Waals surface area contributed by atoms with E-state index in [1.807, 2.05) is 86.6 Å². The second kappa shape index (κ2) is 9.37. The Balaban J connectivity index is 1.51. The maximum Gasteiger partial charge on any atom is 0.277 e. The lowest BCUT2D eigenvalue weighted by Crippen LogP contribution is -2.24. The Morgan fingerprint density at radius 2 is 1.75 bits per heavy atom. The Morgan fingerprint density at radius 1 is 0.964 bits per heavy atom. The summed E-state index contributed by atoms with van der Waals surface area (Å²) in [5, 5.41) is 3.98. The number of para-hydroxylation sites is 1. The highest BCUT2D eigenvalue weighted by atomic mass is 16.5. The Labute approximate surface area is 164 Å². The second-order valence-electron chi connectivity index (χ2n) is 6.34. The predicted molar refractivity (Wildman–Crippen MR) is 110 cm³/mol. The first-order valence-electron chi connectivity index (χ1n) is 8.95. The first kappa shape index (κ1) is 19.2. The third kappa shape index (κ3) is 5.71. The van der Waals surface area contributed by atoms with Crippen molar-refractivity contribution in [1.82, 2.24) is 5.43 Å². The van der Waals surface area contributed by atoms with Gasteiger partial charge in [0.15, 0.2) is 6.61 Å². The van der Waals surface area contributed by atoms with E-state index in [9.17, 15) is 4.79 Å². The van der Waals surface area contributed by atoms with Crippen molar-refractivity contribution in [2.45, 2.75) is 13.8 Å². The van der Waals surface area contributed by atoms with Gasteiger partial charge in [-0.25, -0.2) is 5.43 Å². The van der Waals surface area contributed by atoms with E-state index in [0.29, 0.717) is 11.5 Å². The number of aryl methyl sites for hydroxylation is 2. The van der Waals surface area contributed by atoms with E-state index in [0.717, 1.165) is 22.4 Å². The van der Waals surface area contributed by atoms with Crippen molar-refractivity contribution < 1.29 is 14.3 Å². The van der Waals surface area contributed by atoms with Gasteiger partial charge in [0.05, 0.1) is 6.21 Å². The van der Waals surface area contributed by atoms with Crippen LogP contribution in [0.25, 0.3) is 0 Å². The molecule has 3 aromatic carbocycles. The summed E-state index contributed by atoms with van der Waals surface area (Å²) in [4.78, 5) is 11.9. The first-order chi connectivity index (χ1) is 13.6. The molecule has 0 radical (unpaired) electrons. The van der Waals surface area contributed by atoms with Crippen LogP contribution in [0, 0.1) is 13.8 Å². The fourth-order valence-electron chi connectivity index (χ4n) is 2.60. The number of nitrogens with zero attached hydrogens (tertiary/aromatic N) is 1. The third-order valence-electron chi connectivity index (χ3n) is 3.93. The van der Waals surface area contributed by atoms with Gasteiger partial charge in [0.2, 0.25) is 0 Å². The predicted octanol–water partition coefficient (Wildman–Crippen LogP) is 4.62. The molecule has 5 heteroatoms. The molecule has 1 N–H and O–H groups in total. The minimum atomic E-state index is -0.326. The van der Waals surface area contributed by atoms with E-state index in [1.54, 1.807) is 6.21 Å². The van der Waals surface area contributed by atoms with Crippen LogP contribution in [0.4, 0.5) is 0 Å². The van der Waals surface area contributed by atoms with Gasteiger partial charge in [-0.3, -0.25) is 4.79 Å². The molecule has 0 saturated heterocycles. The number of hydrogen-bond donors (Lipinski definition) is 1. The van der Waals surface area contributed by atoms with E-state index < -0.39 is 0 Å². The summed E-state index contributed by atoms with van der Waals surface area (Å²) in [5.74, 6) is 1.82. The lowest BCUT2D eigenvalue weighted by molar-refractivity contribution is -0.123. The van der Waals surface area contributed by atoms with Gasteiger partial charge >= 0.3 is 0 Å². The molecule has 142 valence electrons. The van der Waals surface area contributed by atoms with Crippen molar-refractivity contribution in [3.63, 3.8) is 0 Å². The lowest BCUT2D eigenvalue weighted by atomic mass is 10.1. The summed E-state index contributed by atoms with van der Waals surface area (Å²) in [5.41, 5.74) is 5.42. The maximum atomic E-state index is 11.9. The van der Waals surface area contributed by atoms with Crippen molar-refractivity contribution in [3.8, 4) is 17.2 Å². The first-order valence-corrected chi connectivity index (χ1v) is 8.95. The quantitative estimate of drug-likeness (QED) is 0.485. The number of hydrogen-bond acceptors (Lipinski definition) is 4. The molecule has 0 atom stereocenters. The second-order valence-corrected chi connectivity index (χ2v) is 6.34. The van der Waals surface area contributed by atoms with E-state index in [4.69, 9.17) is 9.47 Å². The average molecular weight is 374 g/mol. The third-order valence-corrected chi connectivity index (χ3v) is 3.93. The van der Waals surface area contributed by atoms with Gasteiger partial charge in [0.25, 0.3) is 5.91 Å². The highest BCUT2D eigenvalue weighted by Crippen LogP contribution is 2.21. The largest absolute Gasteiger partial charge is 0.483 e. The summed E-state index contributed by atoms with van der Waals surface area (Å²) in [6.07, 6.45) is 1.56.